The van der Waals surface area contributed by atoms with Crippen LogP contribution in [0.15, 0.2) is 46.7 Å². The van der Waals surface area contributed by atoms with Gasteiger partial charge in [-0.2, -0.15) is 0 Å². The second-order valence-corrected chi connectivity index (χ2v) is 7.14. The second kappa shape index (κ2) is 5.87. The average Bonchev–Trinajstić information content (AvgIpc) is 2.92. The van der Waals surface area contributed by atoms with Crippen LogP contribution in [0.3, 0.4) is 0 Å². The summed E-state index contributed by atoms with van der Waals surface area (Å²) in [6.45, 7) is 3.20. The van der Waals surface area contributed by atoms with E-state index in [1.807, 2.05) is 17.5 Å². The Kier molecular flexibility index (Phi) is 4.37. The number of Topliss-reactive ketones (excluding diaryl/α,β-unsaturated/α-hetero) is 1. The van der Waals surface area contributed by atoms with Crippen LogP contribution in [0, 0.1) is 0 Å². The van der Waals surface area contributed by atoms with Gasteiger partial charge in [0.1, 0.15) is 0 Å². The summed E-state index contributed by atoms with van der Waals surface area (Å²) in [6.07, 6.45) is 0. The lowest BCUT2D eigenvalue weighted by Crippen LogP contribution is -2.26. The van der Waals surface area contributed by atoms with Crippen LogP contribution in [-0.4, -0.2) is 14.2 Å². The Hall–Kier alpha value is -1.50. The van der Waals surface area contributed by atoms with Crippen LogP contribution in [0.4, 0.5) is 0 Å². The lowest BCUT2D eigenvalue weighted by atomic mass is 10.2. The Bertz CT molecular complexity index is 706. The van der Waals surface area contributed by atoms with E-state index < -0.39 is 10.0 Å². The van der Waals surface area contributed by atoms with E-state index in [-0.39, 0.29) is 16.7 Å². The fourth-order valence-electron chi connectivity index (χ4n) is 1.78. The Balaban J connectivity index is 2.26. The van der Waals surface area contributed by atoms with Gasteiger partial charge >= 0.3 is 0 Å². The molecule has 6 heteroatoms. The van der Waals surface area contributed by atoms with Gasteiger partial charge in [-0.05, 0) is 37.4 Å². The van der Waals surface area contributed by atoms with E-state index >= 15 is 0 Å². The monoisotopic (exact) mass is 309 g/mol. The van der Waals surface area contributed by atoms with Crippen molar-refractivity contribution in [1.82, 2.24) is 4.72 Å². The third-order valence-corrected chi connectivity index (χ3v) is 5.45. The molecular weight excluding hydrogens is 294 g/mol. The van der Waals surface area contributed by atoms with Gasteiger partial charge in [-0.15, -0.1) is 11.3 Å². The van der Waals surface area contributed by atoms with Crippen molar-refractivity contribution in [3.63, 3.8) is 0 Å². The normalized spacial score (nSPS) is 13.1. The van der Waals surface area contributed by atoms with E-state index in [1.54, 1.807) is 19.1 Å². The minimum Gasteiger partial charge on any atom is -0.295 e. The van der Waals surface area contributed by atoms with E-state index in [9.17, 15) is 13.2 Å². The van der Waals surface area contributed by atoms with E-state index in [1.165, 1.54) is 30.4 Å². The summed E-state index contributed by atoms with van der Waals surface area (Å²) in [5, 5.41) is 1.90. The molecule has 0 spiro atoms. The smallest absolute Gasteiger partial charge is 0.241 e. The number of rotatable bonds is 5. The number of carbonyl (C=O) groups is 1. The number of ketones is 1. The quantitative estimate of drug-likeness (QED) is 0.864. The van der Waals surface area contributed by atoms with E-state index in [4.69, 9.17) is 0 Å². The maximum Gasteiger partial charge on any atom is 0.241 e. The molecule has 4 nitrogen and oxygen atoms in total. The first-order valence-corrected chi connectivity index (χ1v) is 8.43. The molecule has 1 aromatic carbocycles. The highest BCUT2D eigenvalue weighted by Crippen LogP contribution is 2.21. The molecule has 0 aliphatic carbocycles. The van der Waals surface area contributed by atoms with E-state index in [2.05, 4.69) is 4.72 Å². The molecule has 1 heterocycles. The van der Waals surface area contributed by atoms with Gasteiger partial charge in [0.15, 0.2) is 5.78 Å². The zero-order valence-electron chi connectivity index (χ0n) is 11.2. The molecule has 2 rings (SSSR count). The fourth-order valence-corrected chi connectivity index (χ4v) is 3.86. The average molecular weight is 309 g/mol. The number of hydrogen-bond acceptors (Lipinski definition) is 4. The van der Waals surface area contributed by atoms with Crippen molar-refractivity contribution >= 4 is 27.1 Å². The number of nitrogens with one attached hydrogen (secondary N) is 1. The summed E-state index contributed by atoms with van der Waals surface area (Å²) in [6, 6.07) is 9.50. The minimum absolute atomic E-state index is 0.105. The second-order valence-electron chi connectivity index (χ2n) is 4.44. The van der Waals surface area contributed by atoms with Crippen molar-refractivity contribution in [2.75, 3.05) is 0 Å². The van der Waals surface area contributed by atoms with Crippen LogP contribution >= 0.6 is 11.3 Å². The highest BCUT2D eigenvalue weighted by molar-refractivity contribution is 7.89. The van der Waals surface area contributed by atoms with Gasteiger partial charge in [0.25, 0.3) is 0 Å². The summed E-state index contributed by atoms with van der Waals surface area (Å²) in [5.74, 6) is -0.159. The number of thiophene rings is 1. The molecule has 0 saturated carbocycles. The van der Waals surface area contributed by atoms with Gasteiger partial charge < -0.3 is 0 Å². The molecule has 1 aromatic heterocycles. The highest BCUT2D eigenvalue weighted by Gasteiger charge is 2.19. The molecule has 0 radical (unpaired) electrons. The van der Waals surface area contributed by atoms with Crippen molar-refractivity contribution in [3.8, 4) is 0 Å². The SMILES string of the molecule is CC(=O)c1cccc(S(=O)(=O)N[C@H](C)c2cccs2)c1. The Morgan fingerprint density at radius 3 is 2.60 bits per heavy atom. The van der Waals surface area contributed by atoms with Gasteiger partial charge in [0, 0.05) is 10.4 Å². The lowest BCUT2D eigenvalue weighted by molar-refractivity contribution is 0.101. The van der Waals surface area contributed by atoms with Gasteiger partial charge in [-0.3, -0.25) is 4.79 Å². The standard InChI is InChI=1S/C14H15NO3S2/c1-10(14-7-4-8-19-14)15-20(17,18)13-6-3-5-12(9-13)11(2)16/h3-10,15H,1-2H3/t10-/m1/s1. The third-order valence-electron chi connectivity index (χ3n) is 2.85. The van der Waals surface area contributed by atoms with Crippen molar-refractivity contribution in [3.05, 3.63) is 52.2 Å². The zero-order valence-corrected chi connectivity index (χ0v) is 12.8. The molecule has 106 valence electrons. The third kappa shape index (κ3) is 3.33. The van der Waals surface area contributed by atoms with Crippen molar-refractivity contribution in [1.29, 1.82) is 0 Å². The molecule has 1 atom stereocenters. The van der Waals surface area contributed by atoms with Crippen LogP contribution in [0.25, 0.3) is 0 Å². The summed E-state index contributed by atoms with van der Waals surface area (Å²) >= 11 is 1.49. The molecule has 0 amide bonds. The molecule has 0 aliphatic rings. The van der Waals surface area contributed by atoms with Crippen LogP contribution in [-0.2, 0) is 10.0 Å². The first-order valence-electron chi connectivity index (χ1n) is 6.07. The number of sulfonamides is 1. The predicted molar refractivity (Wildman–Crippen MR) is 79.5 cm³/mol. The molecule has 0 aliphatic heterocycles. The number of hydrogen-bond donors (Lipinski definition) is 1. The molecular formula is C14H15NO3S2. The molecule has 0 bridgehead atoms. The maximum atomic E-state index is 12.3. The van der Waals surface area contributed by atoms with Crippen LogP contribution in [0.5, 0.6) is 0 Å². The first kappa shape index (κ1) is 14.9. The van der Waals surface area contributed by atoms with E-state index in [0.29, 0.717) is 5.56 Å². The van der Waals surface area contributed by atoms with Crippen LogP contribution in [0.1, 0.15) is 35.1 Å². The molecule has 0 saturated heterocycles. The molecule has 2 aromatic rings. The highest BCUT2D eigenvalue weighted by atomic mass is 32.2. The summed E-state index contributed by atoms with van der Waals surface area (Å²) in [4.78, 5) is 12.4. The molecule has 0 unspecified atom stereocenters. The van der Waals surface area contributed by atoms with Gasteiger partial charge in [-0.1, -0.05) is 18.2 Å². The molecule has 0 fully saturated rings. The maximum absolute atomic E-state index is 12.3. The van der Waals surface area contributed by atoms with E-state index in [0.717, 1.165) is 4.88 Å². The van der Waals surface area contributed by atoms with Crippen LogP contribution in [0.2, 0.25) is 0 Å². The Morgan fingerprint density at radius 2 is 2.00 bits per heavy atom. The van der Waals surface area contributed by atoms with Crippen molar-refractivity contribution in [2.24, 2.45) is 0 Å². The fraction of sp³-hybridized carbons (Fsp3) is 0.214. The predicted octanol–water partition coefficient (Wildman–Crippen LogP) is 2.99. The first-order chi connectivity index (χ1) is 9.40. The zero-order chi connectivity index (χ0) is 14.8. The largest absolute Gasteiger partial charge is 0.295 e. The number of benzene rings is 1. The van der Waals surface area contributed by atoms with Crippen molar-refractivity contribution < 1.29 is 13.2 Å². The van der Waals surface area contributed by atoms with Crippen molar-refractivity contribution in [2.45, 2.75) is 24.8 Å². The van der Waals surface area contributed by atoms with Gasteiger partial charge in [0.05, 0.1) is 10.9 Å². The summed E-state index contributed by atoms with van der Waals surface area (Å²) < 4.78 is 27.2. The topological polar surface area (TPSA) is 63.2 Å². The van der Waals surface area contributed by atoms with Crippen LogP contribution < -0.4 is 4.72 Å². The van der Waals surface area contributed by atoms with Gasteiger partial charge in [0.2, 0.25) is 10.0 Å². The molecule has 1 N–H and O–H groups in total. The molecule has 20 heavy (non-hydrogen) atoms. The van der Waals surface area contributed by atoms with Gasteiger partial charge in [-0.25, -0.2) is 13.1 Å². The summed E-state index contributed by atoms with van der Waals surface area (Å²) in [5.41, 5.74) is 0.386. The Morgan fingerprint density at radius 1 is 1.25 bits per heavy atom. The number of carbonyl (C=O) groups excluding carboxylic acids is 1. The lowest BCUT2D eigenvalue weighted by Gasteiger charge is -2.13. The minimum atomic E-state index is -3.64. The summed E-state index contributed by atoms with van der Waals surface area (Å²) in [7, 11) is -3.64. The Labute approximate surface area is 122 Å².